The maximum atomic E-state index is 11.6. The molecule has 0 radical (unpaired) electrons. The third kappa shape index (κ3) is 2.70. The van der Waals surface area contributed by atoms with Crippen LogP contribution in [-0.4, -0.2) is 28.7 Å². The summed E-state index contributed by atoms with van der Waals surface area (Å²) in [6.45, 7) is 5.35. The van der Waals surface area contributed by atoms with Gasteiger partial charge in [-0.15, -0.1) is 0 Å². The van der Waals surface area contributed by atoms with Crippen molar-refractivity contribution in [3.8, 4) is 0 Å². The van der Waals surface area contributed by atoms with Gasteiger partial charge < -0.3 is 4.90 Å². The average molecular weight is 248 g/mol. The van der Waals surface area contributed by atoms with E-state index in [4.69, 9.17) is 0 Å². The molecule has 13 heavy (non-hydrogen) atoms. The van der Waals surface area contributed by atoms with E-state index in [2.05, 4.69) is 29.8 Å². The molecule has 0 aromatic rings. The monoisotopic (exact) mass is 247 g/mol. The van der Waals surface area contributed by atoms with Gasteiger partial charge in [-0.1, -0.05) is 29.8 Å². The lowest BCUT2D eigenvalue weighted by Gasteiger charge is -2.38. The zero-order valence-corrected chi connectivity index (χ0v) is 10.0. The molecule has 0 N–H and O–H groups in total. The van der Waals surface area contributed by atoms with Crippen molar-refractivity contribution in [2.75, 3.05) is 11.9 Å². The molecular formula is C10H18BrNO. The summed E-state index contributed by atoms with van der Waals surface area (Å²) in [5.41, 5.74) is 0. The van der Waals surface area contributed by atoms with Gasteiger partial charge in [0.05, 0.1) is 5.33 Å². The van der Waals surface area contributed by atoms with E-state index < -0.39 is 0 Å². The van der Waals surface area contributed by atoms with E-state index >= 15 is 0 Å². The van der Waals surface area contributed by atoms with Gasteiger partial charge in [-0.05, 0) is 25.2 Å². The molecule has 1 fully saturated rings. The Hall–Kier alpha value is -0.0500. The number of piperidine rings is 1. The van der Waals surface area contributed by atoms with Crippen LogP contribution in [-0.2, 0) is 4.79 Å². The highest BCUT2D eigenvalue weighted by Gasteiger charge is 2.27. The van der Waals surface area contributed by atoms with Crippen LogP contribution in [0.3, 0.4) is 0 Å². The molecule has 0 unspecified atom stereocenters. The summed E-state index contributed by atoms with van der Waals surface area (Å²) in [6.07, 6.45) is 3.62. The van der Waals surface area contributed by atoms with Crippen LogP contribution in [0.2, 0.25) is 0 Å². The van der Waals surface area contributed by atoms with Gasteiger partial charge in [-0.3, -0.25) is 4.79 Å². The quantitative estimate of drug-likeness (QED) is 0.687. The molecule has 3 heteroatoms. The summed E-state index contributed by atoms with van der Waals surface area (Å²) in [6, 6.07) is 0.471. The van der Waals surface area contributed by atoms with Crippen molar-refractivity contribution >= 4 is 21.8 Å². The van der Waals surface area contributed by atoms with Crippen LogP contribution < -0.4 is 0 Å². The Morgan fingerprint density at radius 3 is 2.77 bits per heavy atom. The zero-order chi connectivity index (χ0) is 9.84. The molecule has 0 aromatic carbocycles. The Bertz CT molecular complexity index is 182. The van der Waals surface area contributed by atoms with Crippen molar-refractivity contribution in [1.29, 1.82) is 0 Å². The summed E-state index contributed by atoms with van der Waals surface area (Å²) in [5, 5.41) is 0.468. The van der Waals surface area contributed by atoms with Crippen molar-refractivity contribution in [3.05, 3.63) is 0 Å². The third-order valence-corrected chi connectivity index (χ3v) is 3.23. The number of alkyl halides is 1. The first-order valence-corrected chi connectivity index (χ1v) is 6.14. The number of carbonyl (C=O) groups excluding carboxylic acids is 1. The van der Waals surface area contributed by atoms with Crippen molar-refractivity contribution in [1.82, 2.24) is 4.90 Å². The summed E-state index contributed by atoms with van der Waals surface area (Å²) < 4.78 is 0. The molecule has 1 amide bonds. The van der Waals surface area contributed by atoms with Crippen LogP contribution in [0.25, 0.3) is 0 Å². The standard InChI is InChI=1S/C10H18BrNO/c1-8(2)9-5-3-4-6-12(9)10(13)7-11/h8-9H,3-7H2,1-2H3/t9-/m0/s1. The SMILES string of the molecule is CC(C)[C@@H]1CCCCN1C(=O)CBr. The molecular weight excluding hydrogens is 230 g/mol. The van der Waals surface area contributed by atoms with Crippen molar-refractivity contribution < 1.29 is 4.79 Å². The fourth-order valence-electron chi connectivity index (χ4n) is 2.04. The first-order chi connectivity index (χ1) is 6.16. The average Bonchev–Trinajstić information content (AvgIpc) is 2.16. The Morgan fingerprint density at radius 1 is 1.54 bits per heavy atom. The number of nitrogens with zero attached hydrogens (tertiary/aromatic N) is 1. The van der Waals surface area contributed by atoms with Gasteiger partial charge >= 0.3 is 0 Å². The van der Waals surface area contributed by atoms with E-state index in [0.29, 0.717) is 17.3 Å². The van der Waals surface area contributed by atoms with Crippen LogP contribution in [0.4, 0.5) is 0 Å². The second-order valence-electron chi connectivity index (χ2n) is 4.03. The Kier molecular flexibility index (Phi) is 4.23. The minimum Gasteiger partial charge on any atom is -0.339 e. The molecule has 1 aliphatic heterocycles. The molecule has 0 saturated carbocycles. The highest BCUT2D eigenvalue weighted by Crippen LogP contribution is 2.23. The summed E-state index contributed by atoms with van der Waals surface area (Å²) in [5.74, 6) is 0.835. The largest absolute Gasteiger partial charge is 0.339 e. The molecule has 1 atom stereocenters. The topological polar surface area (TPSA) is 20.3 Å². The smallest absolute Gasteiger partial charge is 0.233 e. The van der Waals surface area contributed by atoms with Gasteiger partial charge in [0.25, 0.3) is 0 Å². The van der Waals surface area contributed by atoms with Gasteiger partial charge in [0.15, 0.2) is 0 Å². The zero-order valence-electron chi connectivity index (χ0n) is 8.42. The Balaban J connectivity index is 2.61. The Labute approximate surface area is 88.8 Å². The molecule has 1 rings (SSSR count). The number of hydrogen-bond donors (Lipinski definition) is 0. The molecule has 1 heterocycles. The van der Waals surface area contributed by atoms with Crippen molar-refractivity contribution in [3.63, 3.8) is 0 Å². The second kappa shape index (κ2) is 4.99. The molecule has 76 valence electrons. The molecule has 0 spiro atoms. The fraction of sp³-hybridized carbons (Fsp3) is 0.900. The van der Waals surface area contributed by atoms with Crippen LogP contribution in [0.15, 0.2) is 0 Å². The minimum absolute atomic E-state index is 0.249. The van der Waals surface area contributed by atoms with Gasteiger partial charge in [-0.2, -0.15) is 0 Å². The van der Waals surface area contributed by atoms with E-state index in [1.165, 1.54) is 19.3 Å². The number of rotatable bonds is 2. The first kappa shape index (κ1) is 11.0. The maximum Gasteiger partial charge on any atom is 0.233 e. The van der Waals surface area contributed by atoms with Crippen molar-refractivity contribution in [2.24, 2.45) is 5.92 Å². The van der Waals surface area contributed by atoms with Crippen LogP contribution in [0.1, 0.15) is 33.1 Å². The Morgan fingerprint density at radius 2 is 2.23 bits per heavy atom. The van der Waals surface area contributed by atoms with Gasteiger partial charge in [-0.25, -0.2) is 0 Å². The molecule has 2 nitrogen and oxygen atoms in total. The van der Waals surface area contributed by atoms with Gasteiger partial charge in [0.2, 0.25) is 5.91 Å². The van der Waals surface area contributed by atoms with E-state index in [0.717, 1.165) is 6.54 Å². The van der Waals surface area contributed by atoms with Crippen LogP contribution in [0, 0.1) is 5.92 Å². The third-order valence-electron chi connectivity index (χ3n) is 2.75. The van der Waals surface area contributed by atoms with Gasteiger partial charge in [0, 0.05) is 12.6 Å². The molecule has 1 saturated heterocycles. The summed E-state index contributed by atoms with van der Waals surface area (Å²) in [7, 11) is 0. The van der Waals surface area contributed by atoms with Crippen molar-refractivity contribution in [2.45, 2.75) is 39.2 Å². The van der Waals surface area contributed by atoms with Crippen LogP contribution in [0.5, 0.6) is 0 Å². The lowest BCUT2D eigenvalue weighted by atomic mass is 9.93. The number of halogens is 1. The molecule has 0 aromatic heterocycles. The highest BCUT2D eigenvalue weighted by molar-refractivity contribution is 9.09. The number of carbonyl (C=O) groups is 1. The normalized spacial score (nSPS) is 23.7. The van der Waals surface area contributed by atoms with Crippen LogP contribution >= 0.6 is 15.9 Å². The maximum absolute atomic E-state index is 11.6. The lowest BCUT2D eigenvalue weighted by Crippen LogP contribution is -2.46. The molecule has 1 aliphatic rings. The molecule has 0 aliphatic carbocycles. The number of likely N-dealkylation sites (tertiary alicyclic amines) is 1. The van der Waals surface area contributed by atoms with E-state index in [9.17, 15) is 4.79 Å². The summed E-state index contributed by atoms with van der Waals surface area (Å²) in [4.78, 5) is 13.6. The first-order valence-electron chi connectivity index (χ1n) is 5.02. The fourth-order valence-corrected chi connectivity index (χ4v) is 2.36. The summed E-state index contributed by atoms with van der Waals surface area (Å²) >= 11 is 3.24. The lowest BCUT2D eigenvalue weighted by molar-refractivity contribution is -0.132. The van der Waals surface area contributed by atoms with Gasteiger partial charge in [0.1, 0.15) is 0 Å². The predicted molar refractivity (Wildman–Crippen MR) is 58.0 cm³/mol. The number of amides is 1. The number of hydrogen-bond acceptors (Lipinski definition) is 1. The van der Waals surface area contributed by atoms with E-state index in [1.54, 1.807) is 0 Å². The van der Waals surface area contributed by atoms with E-state index in [-0.39, 0.29) is 5.91 Å². The minimum atomic E-state index is 0.249. The highest BCUT2D eigenvalue weighted by atomic mass is 79.9. The second-order valence-corrected chi connectivity index (χ2v) is 4.59. The molecule has 0 bridgehead atoms. The van der Waals surface area contributed by atoms with E-state index in [1.807, 2.05) is 4.90 Å². The predicted octanol–water partition coefficient (Wildman–Crippen LogP) is 2.42.